The Kier molecular flexibility index (Phi) is 4.38. The maximum atomic E-state index is 11.8. The molecular weight excluding hydrogens is 276 g/mol. The predicted octanol–water partition coefficient (Wildman–Crippen LogP) is 3.23. The van der Waals surface area contributed by atoms with Gasteiger partial charge in [-0.1, -0.05) is 29.8 Å². The maximum absolute atomic E-state index is 11.8. The van der Waals surface area contributed by atoms with Gasteiger partial charge in [0.15, 0.2) is 0 Å². The van der Waals surface area contributed by atoms with Crippen molar-refractivity contribution in [2.75, 3.05) is 10.6 Å². The van der Waals surface area contributed by atoms with Crippen molar-refractivity contribution in [2.45, 2.75) is 6.92 Å². The molecule has 0 aliphatic carbocycles. The number of para-hydroxylation sites is 1. The first kappa shape index (κ1) is 14.1. The average Bonchev–Trinajstić information content (AvgIpc) is 2.44. The van der Waals surface area contributed by atoms with Crippen molar-refractivity contribution >= 4 is 34.8 Å². The van der Waals surface area contributed by atoms with Gasteiger partial charge in [-0.15, -0.1) is 0 Å². The van der Waals surface area contributed by atoms with Gasteiger partial charge in [0.25, 0.3) is 0 Å². The Balaban J connectivity index is 2.01. The second-order valence-corrected chi connectivity index (χ2v) is 4.67. The van der Waals surface area contributed by atoms with Gasteiger partial charge in [-0.3, -0.25) is 9.59 Å². The van der Waals surface area contributed by atoms with Crippen LogP contribution < -0.4 is 10.6 Å². The lowest BCUT2D eigenvalue weighted by Crippen LogP contribution is -2.29. The molecule has 0 aromatic heterocycles. The number of carbonyl (C=O) groups excluding carboxylic acids is 2. The zero-order valence-electron chi connectivity index (χ0n) is 10.8. The molecule has 0 saturated heterocycles. The normalized spacial score (nSPS) is 9.90. The summed E-state index contributed by atoms with van der Waals surface area (Å²) in [6.07, 6.45) is 0. The molecule has 2 amide bonds. The Hall–Kier alpha value is -2.33. The second kappa shape index (κ2) is 6.21. The zero-order valence-corrected chi connectivity index (χ0v) is 11.6. The van der Waals surface area contributed by atoms with E-state index in [1.807, 2.05) is 19.1 Å². The summed E-state index contributed by atoms with van der Waals surface area (Å²) < 4.78 is 0. The van der Waals surface area contributed by atoms with Gasteiger partial charge in [0.05, 0.1) is 0 Å². The number of anilines is 2. The maximum Gasteiger partial charge on any atom is 0.314 e. The molecule has 0 aliphatic heterocycles. The van der Waals surface area contributed by atoms with Crippen LogP contribution in [0.4, 0.5) is 11.4 Å². The van der Waals surface area contributed by atoms with Crippen LogP contribution in [0.2, 0.25) is 5.02 Å². The number of hydrogen-bond acceptors (Lipinski definition) is 2. The van der Waals surface area contributed by atoms with Gasteiger partial charge in [-0.05, 0) is 42.8 Å². The standard InChI is InChI=1S/C15H13ClN2O2/c1-10-4-2-3-5-13(10)18-15(20)14(19)17-12-8-6-11(16)7-9-12/h2-9H,1H3,(H,17,19)(H,18,20). The molecule has 0 bridgehead atoms. The molecule has 0 saturated carbocycles. The molecule has 2 N–H and O–H groups in total. The number of aryl methyl sites for hydroxylation is 1. The third-order valence-electron chi connectivity index (χ3n) is 2.70. The number of nitrogens with one attached hydrogen (secondary N) is 2. The molecule has 0 unspecified atom stereocenters. The van der Waals surface area contributed by atoms with Crippen LogP contribution >= 0.6 is 11.6 Å². The molecule has 0 radical (unpaired) electrons. The summed E-state index contributed by atoms with van der Waals surface area (Å²) in [7, 11) is 0. The molecule has 5 heteroatoms. The average molecular weight is 289 g/mol. The fraction of sp³-hybridized carbons (Fsp3) is 0.0667. The van der Waals surface area contributed by atoms with Gasteiger partial charge in [-0.2, -0.15) is 0 Å². The van der Waals surface area contributed by atoms with E-state index in [0.29, 0.717) is 16.4 Å². The summed E-state index contributed by atoms with van der Waals surface area (Å²) in [5.41, 5.74) is 2.02. The summed E-state index contributed by atoms with van der Waals surface area (Å²) in [6, 6.07) is 13.8. The lowest BCUT2D eigenvalue weighted by atomic mass is 10.2. The van der Waals surface area contributed by atoms with Crippen LogP contribution in [-0.2, 0) is 9.59 Å². The highest BCUT2D eigenvalue weighted by atomic mass is 35.5. The zero-order chi connectivity index (χ0) is 14.5. The third-order valence-corrected chi connectivity index (χ3v) is 2.95. The topological polar surface area (TPSA) is 58.2 Å². The number of carbonyl (C=O) groups is 2. The molecule has 0 fully saturated rings. The quantitative estimate of drug-likeness (QED) is 0.834. The summed E-state index contributed by atoms with van der Waals surface area (Å²) in [4.78, 5) is 23.5. The summed E-state index contributed by atoms with van der Waals surface area (Å²) >= 11 is 5.74. The van der Waals surface area contributed by atoms with Crippen molar-refractivity contribution in [3.63, 3.8) is 0 Å². The van der Waals surface area contributed by atoms with Crippen molar-refractivity contribution in [2.24, 2.45) is 0 Å². The molecular formula is C15H13ClN2O2. The van der Waals surface area contributed by atoms with Crippen LogP contribution in [0.15, 0.2) is 48.5 Å². The van der Waals surface area contributed by atoms with E-state index < -0.39 is 11.8 Å². The number of halogens is 1. The number of rotatable bonds is 2. The van der Waals surface area contributed by atoms with Gasteiger partial charge in [-0.25, -0.2) is 0 Å². The Morgan fingerprint density at radius 3 is 2.15 bits per heavy atom. The molecule has 0 spiro atoms. The smallest absolute Gasteiger partial charge is 0.314 e. The van der Waals surface area contributed by atoms with Crippen molar-refractivity contribution in [1.82, 2.24) is 0 Å². The SMILES string of the molecule is Cc1ccccc1NC(=O)C(=O)Nc1ccc(Cl)cc1. The van der Waals surface area contributed by atoms with E-state index in [9.17, 15) is 9.59 Å². The molecule has 2 rings (SSSR count). The molecule has 2 aromatic carbocycles. The minimum absolute atomic E-state index is 0.513. The third kappa shape index (κ3) is 3.59. The van der Waals surface area contributed by atoms with Gasteiger partial charge in [0.2, 0.25) is 0 Å². The molecule has 0 heterocycles. The lowest BCUT2D eigenvalue weighted by Gasteiger charge is -2.08. The Labute approximate surface area is 121 Å². The minimum atomic E-state index is -0.726. The van der Waals surface area contributed by atoms with Gasteiger partial charge in [0.1, 0.15) is 0 Å². The van der Waals surface area contributed by atoms with Crippen LogP contribution in [-0.4, -0.2) is 11.8 Å². The van der Waals surface area contributed by atoms with Crippen molar-refractivity contribution in [3.8, 4) is 0 Å². The summed E-state index contributed by atoms with van der Waals surface area (Å²) in [6.45, 7) is 1.85. The number of hydrogen-bond donors (Lipinski definition) is 2. The second-order valence-electron chi connectivity index (χ2n) is 4.23. The van der Waals surface area contributed by atoms with Crippen molar-refractivity contribution < 1.29 is 9.59 Å². The van der Waals surface area contributed by atoms with E-state index in [-0.39, 0.29) is 0 Å². The fourth-order valence-electron chi connectivity index (χ4n) is 1.61. The van der Waals surface area contributed by atoms with E-state index in [4.69, 9.17) is 11.6 Å². The van der Waals surface area contributed by atoms with Crippen LogP contribution in [0.3, 0.4) is 0 Å². The van der Waals surface area contributed by atoms with Crippen LogP contribution in [0.25, 0.3) is 0 Å². The van der Waals surface area contributed by atoms with Crippen molar-refractivity contribution in [3.05, 3.63) is 59.1 Å². The molecule has 20 heavy (non-hydrogen) atoms. The summed E-state index contributed by atoms with van der Waals surface area (Å²) in [5, 5.41) is 5.63. The number of benzene rings is 2. The van der Waals surface area contributed by atoms with E-state index in [1.54, 1.807) is 36.4 Å². The highest BCUT2D eigenvalue weighted by molar-refractivity contribution is 6.43. The highest BCUT2D eigenvalue weighted by Gasteiger charge is 2.14. The largest absolute Gasteiger partial charge is 0.318 e. The van der Waals surface area contributed by atoms with Crippen LogP contribution in [0.1, 0.15) is 5.56 Å². The van der Waals surface area contributed by atoms with E-state index in [2.05, 4.69) is 10.6 Å². The monoisotopic (exact) mass is 288 g/mol. The van der Waals surface area contributed by atoms with Gasteiger partial charge >= 0.3 is 11.8 Å². The van der Waals surface area contributed by atoms with E-state index in [0.717, 1.165) is 5.56 Å². The molecule has 0 atom stereocenters. The summed E-state index contributed by atoms with van der Waals surface area (Å²) in [5.74, 6) is -1.44. The van der Waals surface area contributed by atoms with Crippen LogP contribution in [0, 0.1) is 6.92 Å². The molecule has 0 aliphatic rings. The number of amides is 2. The van der Waals surface area contributed by atoms with Crippen molar-refractivity contribution in [1.29, 1.82) is 0 Å². The van der Waals surface area contributed by atoms with Gasteiger partial charge in [0, 0.05) is 16.4 Å². The first-order chi connectivity index (χ1) is 9.56. The Morgan fingerprint density at radius 1 is 0.900 bits per heavy atom. The first-order valence-corrected chi connectivity index (χ1v) is 6.37. The predicted molar refractivity (Wildman–Crippen MR) is 79.9 cm³/mol. The lowest BCUT2D eigenvalue weighted by molar-refractivity contribution is -0.133. The van der Waals surface area contributed by atoms with Gasteiger partial charge < -0.3 is 10.6 Å². The minimum Gasteiger partial charge on any atom is -0.318 e. The highest BCUT2D eigenvalue weighted by Crippen LogP contribution is 2.15. The molecule has 2 aromatic rings. The first-order valence-electron chi connectivity index (χ1n) is 6.00. The van der Waals surface area contributed by atoms with Crippen LogP contribution in [0.5, 0.6) is 0 Å². The molecule has 102 valence electrons. The van der Waals surface area contributed by atoms with E-state index in [1.165, 1.54) is 0 Å². The fourth-order valence-corrected chi connectivity index (χ4v) is 1.74. The molecule has 4 nitrogen and oxygen atoms in total. The van der Waals surface area contributed by atoms with E-state index >= 15 is 0 Å². The Bertz CT molecular complexity index is 639. The Morgan fingerprint density at radius 2 is 1.50 bits per heavy atom.